The number of hydrogen-bond acceptors (Lipinski definition) is 2. The van der Waals surface area contributed by atoms with E-state index in [4.69, 9.17) is 5.73 Å². The highest BCUT2D eigenvalue weighted by molar-refractivity contribution is 6.01. The van der Waals surface area contributed by atoms with Gasteiger partial charge in [-0.05, 0) is 25.2 Å². The zero-order valence-corrected chi connectivity index (χ0v) is 23.0. The molecule has 0 saturated heterocycles. The van der Waals surface area contributed by atoms with Gasteiger partial charge in [0, 0.05) is 11.1 Å². The lowest BCUT2D eigenvalue weighted by Crippen LogP contribution is -2.21. The second-order valence-corrected chi connectivity index (χ2v) is 10.3. The van der Waals surface area contributed by atoms with E-state index in [-0.39, 0.29) is 5.57 Å². The molecule has 0 fully saturated rings. The predicted octanol–water partition coefficient (Wildman–Crippen LogP) is 9.11. The van der Waals surface area contributed by atoms with Gasteiger partial charge in [0.2, 0.25) is 5.91 Å². The number of nitrogens with two attached hydrogens (primary N) is 1. The van der Waals surface area contributed by atoms with Crippen molar-refractivity contribution in [3.05, 3.63) is 11.1 Å². The molecule has 0 rings (SSSR count). The van der Waals surface area contributed by atoms with Gasteiger partial charge >= 0.3 is 5.97 Å². The molecule has 0 bridgehead atoms. The Balaban J connectivity index is 4.05. The molecule has 0 heterocycles. The smallest absolute Gasteiger partial charge is 0.332 e. The molecule has 0 aliphatic carbocycles. The van der Waals surface area contributed by atoms with Crippen LogP contribution in [-0.4, -0.2) is 17.0 Å². The second kappa shape index (κ2) is 23.4. The molecule has 4 nitrogen and oxygen atoms in total. The van der Waals surface area contributed by atoms with Crippen molar-refractivity contribution >= 4 is 11.9 Å². The highest BCUT2D eigenvalue weighted by Gasteiger charge is 2.21. The van der Waals surface area contributed by atoms with E-state index >= 15 is 0 Å². The van der Waals surface area contributed by atoms with Crippen LogP contribution in [0.2, 0.25) is 0 Å². The maximum Gasteiger partial charge on any atom is 0.332 e. The number of carboxylic acids is 1. The molecule has 0 aromatic carbocycles. The Morgan fingerprint density at radius 3 is 1.38 bits per heavy atom. The van der Waals surface area contributed by atoms with E-state index in [1.807, 2.05) is 0 Å². The van der Waals surface area contributed by atoms with Crippen LogP contribution in [0.3, 0.4) is 0 Å². The number of amides is 1. The minimum Gasteiger partial charge on any atom is -0.478 e. The molecule has 0 aromatic rings. The van der Waals surface area contributed by atoms with Crippen molar-refractivity contribution in [3.8, 4) is 0 Å². The molecule has 1 amide bonds. The summed E-state index contributed by atoms with van der Waals surface area (Å²) in [5.41, 5.74) is 6.22. The Hall–Kier alpha value is -1.32. The van der Waals surface area contributed by atoms with Crippen LogP contribution in [0.1, 0.15) is 162 Å². The largest absolute Gasteiger partial charge is 0.478 e. The molecule has 3 N–H and O–H groups in total. The summed E-state index contributed by atoms with van der Waals surface area (Å²) >= 11 is 0. The average Bonchev–Trinajstić information content (AvgIpc) is 2.81. The lowest BCUT2D eigenvalue weighted by atomic mass is 9.88. The van der Waals surface area contributed by atoms with Gasteiger partial charge in [-0.3, -0.25) is 4.79 Å². The second-order valence-electron chi connectivity index (χ2n) is 10.3. The van der Waals surface area contributed by atoms with Gasteiger partial charge in [-0.1, -0.05) is 143 Å². The molecule has 0 saturated carbocycles. The first-order valence-corrected chi connectivity index (χ1v) is 14.7. The number of unbranched alkanes of at least 4 members (excludes halogenated alkanes) is 16. The van der Waals surface area contributed by atoms with Crippen LogP contribution in [0.5, 0.6) is 0 Å². The summed E-state index contributed by atoms with van der Waals surface area (Å²) in [6.45, 7) is 6.53. The molecule has 34 heavy (non-hydrogen) atoms. The molecular formula is C30H57NO3. The van der Waals surface area contributed by atoms with E-state index in [9.17, 15) is 14.7 Å². The van der Waals surface area contributed by atoms with Gasteiger partial charge in [-0.25, -0.2) is 4.79 Å². The van der Waals surface area contributed by atoms with E-state index in [1.54, 1.807) is 0 Å². The number of carbonyl (C=O) groups excluding carboxylic acids is 1. The van der Waals surface area contributed by atoms with Crippen LogP contribution in [0.15, 0.2) is 11.1 Å². The van der Waals surface area contributed by atoms with Gasteiger partial charge in [-0.2, -0.15) is 0 Å². The van der Waals surface area contributed by atoms with Crippen molar-refractivity contribution in [3.63, 3.8) is 0 Å². The van der Waals surface area contributed by atoms with E-state index < -0.39 is 11.9 Å². The van der Waals surface area contributed by atoms with Crippen molar-refractivity contribution in [2.24, 2.45) is 11.7 Å². The minimum atomic E-state index is -0.972. The summed E-state index contributed by atoms with van der Waals surface area (Å²) in [6.07, 6.45) is 25.8. The molecule has 4 heteroatoms. The lowest BCUT2D eigenvalue weighted by molar-refractivity contribution is -0.133. The number of aliphatic carboxylic acids is 1. The van der Waals surface area contributed by atoms with Gasteiger partial charge in [-0.15, -0.1) is 0 Å². The summed E-state index contributed by atoms with van der Waals surface area (Å²) in [5, 5.41) is 9.71. The molecule has 0 aliphatic rings. The maximum absolute atomic E-state index is 12.0. The molecule has 0 radical (unpaired) electrons. The summed E-state index contributed by atoms with van der Waals surface area (Å²) in [7, 11) is 0. The van der Waals surface area contributed by atoms with Crippen molar-refractivity contribution in [2.45, 2.75) is 162 Å². The van der Waals surface area contributed by atoms with Crippen molar-refractivity contribution in [1.29, 1.82) is 0 Å². The van der Waals surface area contributed by atoms with E-state index in [1.165, 1.54) is 83.5 Å². The van der Waals surface area contributed by atoms with Crippen LogP contribution in [-0.2, 0) is 9.59 Å². The third-order valence-corrected chi connectivity index (χ3v) is 7.24. The lowest BCUT2D eigenvalue weighted by Gasteiger charge is -2.17. The van der Waals surface area contributed by atoms with Crippen LogP contribution >= 0.6 is 0 Å². The Morgan fingerprint density at radius 1 is 0.618 bits per heavy atom. The maximum atomic E-state index is 12.0. The first-order chi connectivity index (χ1) is 16.5. The third kappa shape index (κ3) is 18.1. The SMILES string of the molecule is CCCCCCCCCCCCCCCCCC/C(C(=O)O)=C(\CC(CC)CCCC)C(N)=O. The fraction of sp³-hybridized carbons (Fsp3) is 0.867. The first kappa shape index (κ1) is 32.7. The Bertz CT molecular complexity index is 541. The molecule has 0 aliphatic heterocycles. The molecule has 0 aromatic heterocycles. The van der Waals surface area contributed by atoms with E-state index in [0.29, 0.717) is 24.3 Å². The summed E-state index contributed by atoms with van der Waals surface area (Å²) in [6, 6.07) is 0. The minimum absolute atomic E-state index is 0.257. The molecule has 200 valence electrons. The van der Waals surface area contributed by atoms with Gasteiger partial charge in [0.25, 0.3) is 0 Å². The Morgan fingerprint density at radius 2 is 1.03 bits per heavy atom. The quantitative estimate of drug-likeness (QED) is 0.101. The number of hydrogen-bond donors (Lipinski definition) is 2. The standard InChI is InChI=1S/C30H57NO3/c1-4-7-9-10-11-12-13-14-15-16-17-18-19-20-21-22-24-27(30(33)34)28(29(31)32)25-26(6-3)23-8-5-2/h26H,4-25H2,1-3H3,(H2,31,32)(H,33,34)/b28-27-. The van der Waals surface area contributed by atoms with E-state index in [2.05, 4.69) is 20.8 Å². The van der Waals surface area contributed by atoms with Crippen molar-refractivity contribution in [1.82, 2.24) is 0 Å². The number of carboxylic acid groups (broad SMARTS) is 1. The third-order valence-electron chi connectivity index (χ3n) is 7.24. The fourth-order valence-electron chi connectivity index (χ4n) is 4.84. The van der Waals surface area contributed by atoms with Gasteiger partial charge in [0.05, 0.1) is 0 Å². The van der Waals surface area contributed by atoms with Crippen molar-refractivity contribution < 1.29 is 14.7 Å². The van der Waals surface area contributed by atoms with E-state index in [0.717, 1.165) is 44.9 Å². The van der Waals surface area contributed by atoms with Gasteiger partial charge in [0.1, 0.15) is 0 Å². The number of rotatable bonds is 25. The predicted molar refractivity (Wildman–Crippen MR) is 146 cm³/mol. The summed E-state index contributed by atoms with van der Waals surface area (Å²) in [5.74, 6) is -1.19. The van der Waals surface area contributed by atoms with Crippen LogP contribution in [0.4, 0.5) is 0 Å². The molecule has 1 atom stereocenters. The summed E-state index contributed by atoms with van der Waals surface area (Å²) in [4.78, 5) is 23.9. The fourth-order valence-corrected chi connectivity index (χ4v) is 4.84. The van der Waals surface area contributed by atoms with Gasteiger partial charge in [0.15, 0.2) is 0 Å². The highest BCUT2D eigenvalue weighted by atomic mass is 16.4. The molecular weight excluding hydrogens is 422 g/mol. The monoisotopic (exact) mass is 479 g/mol. The topological polar surface area (TPSA) is 80.4 Å². The summed E-state index contributed by atoms with van der Waals surface area (Å²) < 4.78 is 0. The zero-order valence-electron chi connectivity index (χ0n) is 23.0. The Kier molecular flexibility index (Phi) is 22.5. The first-order valence-electron chi connectivity index (χ1n) is 14.7. The zero-order chi connectivity index (χ0) is 25.4. The normalized spacial score (nSPS) is 13.0. The number of carbonyl (C=O) groups is 2. The molecule has 0 spiro atoms. The van der Waals surface area contributed by atoms with Crippen LogP contribution in [0, 0.1) is 5.92 Å². The molecule has 1 unspecified atom stereocenters. The Labute approximate surface area is 211 Å². The van der Waals surface area contributed by atoms with Crippen LogP contribution < -0.4 is 5.73 Å². The van der Waals surface area contributed by atoms with Gasteiger partial charge < -0.3 is 10.8 Å². The number of primary amides is 1. The average molecular weight is 480 g/mol. The highest BCUT2D eigenvalue weighted by Crippen LogP contribution is 2.26. The van der Waals surface area contributed by atoms with Crippen molar-refractivity contribution in [2.75, 3.05) is 0 Å². The van der Waals surface area contributed by atoms with Crippen LogP contribution in [0.25, 0.3) is 0 Å².